The summed E-state index contributed by atoms with van der Waals surface area (Å²) in [7, 11) is 0. The Kier molecular flexibility index (Phi) is 4.72. The topological polar surface area (TPSA) is 47.6 Å². The number of nitrogens with one attached hydrogen (secondary N) is 1. The zero-order chi connectivity index (χ0) is 15.5. The lowest BCUT2D eigenvalue weighted by atomic mass is 10.0. The Labute approximate surface area is 120 Å². The van der Waals surface area contributed by atoms with Crippen LogP contribution in [0.4, 0.5) is 13.2 Å². The van der Waals surface area contributed by atoms with Gasteiger partial charge in [0.2, 0.25) is 0 Å². The second kappa shape index (κ2) is 6.34. The van der Waals surface area contributed by atoms with E-state index in [0.717, 1.165) is 5.56 Å². The minimum Gasteiger partial charge on any atom is -0.493 e. The van der Waals surface area contributed by atoms with Crippen LogP contribution in [0.5, 0.6) is 5.75 Å². The number of halogens is 3. The normalized spacial score (nSPS) is 15.2. The number of esters is 1. The predicted molar refractivity (Wildman–Crippen MR) is 69.1 cm³/mol. The summed E-state index contributed by atoms with van der Waals surface area (Å²) in [6.45, 7) is 0.995. The van der Waals surface area contributed by atoms with Gasteiger partial charge < -0.3 is 9.47 Å². The van der Waals surface area contributed by atoms with Gasteiger partial charge in [-0.15, -0.1) is 0 Å². The van der Waals surface area contributed by atoms with E-state index in [9.17, 15) is 18.0 Å². The van der Waals surface area contributed by atoms with Crippen LogP contribution in [0.25, 0.3) is 0 Å². The predicted octanol–water partition coefficient (Wildman–Crippen LogP) is 2.38. The molecule has 7 heteroatoms. The van der Waals surface area contributed by atoms with Crippen molar-refractivity contribution in [2.24, 2.45) is 0 Å². The van der Waals surface area contributed by atoms with Crippen molar-refractivity contribution < 1.29 is 27.4 Å². The van der Waals surface area contributed by atoms with E-state index in [0.29, 0.717) is 24.3 Å². The van der Waals surface area contributed by atoms with Crippen LogP contribution in [0.15, 0.2) is 18.2 Å². The van der Waals surface area contributed by atoms with Crippen molar-refractivity contribution >= 4 is 5.97 Å². The number of rotatable bonds is 5. The third-order valence-corrected chi connectivity index (χ3v) is 3.08. The van der Waals surface area contributed by atoms with Crippen molar-refractivity contribution in [3.8, 4) is 5.75 Å². The molecule has 0 aliphatic carbocycles. The van der Waals surface area contributed by atoms with E-state index < -0.39 is 24.7 Å². The highest BCUT2D eigenvalue weighted by atomic mass is 19.4. The number of fused-ring (bicyclic) bond motifs is 1. The van der Waals surface area contributed by atoms with Gasteiger partial charge in [0.25, 0.3) is 0 Å². The summed E-state index contributed by atoms with van der Waals surface area (Å²) in [4.78, 5) is 11.9. The van der Waals surface area contributed by atoms with Crippen LogP contribution in [0, 0.1) is 0 Å². The third-order valence-electron chi connectivity index (χ3n) is 3.08. The largest absolute Gasteiger partial charge is 0.493 e. The van der Waals surface area contributed by atoms with Crippen LogP contribution >= 0.6 is 0 Å². The molecule has 116 valence electrons. The quantitative estimate of drug-likeness (QED) is 0.849. The van der Waals surface area contributed by atoms with Gasteiger partial charge in [-0.05, 0) is 30.2 Å². The Balaban J connectivity index is 2.19. The van der Waals surface area contributed by atoms with Gasteiger partial charge in [-0.25, -0.2) is 4.79 Å². The molecule has 4 nitrogen and oxygen atoms in total. The van der Waals surface area contributed by atoms with Crippen molar-refractivity contribution in [1.82, 2.24) is 5.32 Å². The second-order valence-electron chi connectivity index (χ2n) is 4.65. The summed E-state index contributed by atoms with van der Waals surface area (Å²) < 4.78 is 47.3. The fraction of sp³-hybridized carbons (Fsp3) is 0.500. The van der Waals surface area contributed by atoms with Gasteiger partial charge in [-0.1, -0.05) is 6.07 Å². The fourth-order valence-corrected chi connectivity index (χ4v) is 2.17. The zero-order valence-corrected chi connectivity index (χ0v) is 11.5. The minimum atomic E-state index is -4.40. The fourth-order valence-electron chi connectivity index (χ4n) is 2.17. The Morgan fingerprint density at radius 1 is 1.48 bits per heavy atom. The van der Waals surface area contributed by atoms with Gasteiger partial charge in [0.1, 0.15) is 11.8 Å². The molecule has 1 atom stereocenters. The average molecular weight is 303 g/mol. The SMILES string of the molecule is CCOC(=O)C(NCC(F)(F)F)c1ccc2c(c1)CCO2. The van der Waals surface area contributed by atoms with Crippen LogP contribution in [0.2, 0.25) is 0 Å². The molecule has 0 spiro atoms. The number of hydrogen-bond acceptors (Lipinski definition) is 4. The van der Waals surface area contributed by atoms with Crippen LogP contribution < -0.4 is 10.1 Å². The Bertz CT molecular complexity index is 517. The summed E-state index contributed by atoms with van der Waals surface area (Å²) in [6.07, 6.45) is -3.72. The Morgan fingerprint density at radius 3 is 2.90 bits per heavy atom. The van der Waals surface area contributed by atoms with E-state index in [1.807, 2.05) is 0 Å². The highest BCUT2D eigenvalue weighted by Crippen LogP contribution is 2.29. The van der Waals surface area contributed by atoms with Crippen LogP contribution in [-0.2, 0) is 16.0 Å². The molecular formula is C14H16F3NO3. The monoisotopic (exact) mass is 303 g/mol. The molecule has 1 heterocycles. The maximum absolute atomic E-state index is 12.4. The lowest BCUT2D eigenvalue weighted by Crippen LogP contribution is -2.37. The number of carbonyl (C=O) groups is 1. The van der Waals surface area contributed by atoms with Crippen molar-refractivity contribution in [2.45, 2.75) is 25.6 Å². The Morgan fingerprint density at radius 2 is 2.24 bits per heavy atom. The summed E-state index contributed by atoms with van der Waals surface area (Å²) >= 11 is 0. The first kappa shape index (κ1) is 15.6. The maximum Gasteiger partial charge on any atom is 0.401 e. The van der Waals surface area contributed by atoms with E-state index in [4.69, 9.17) is 9.47 Å². The van der Waals surface area contributed by atoms with Crippen LogP contribution in [0.3, 0.4) is 0 Å². The summed E-state index contributed by atoms with van der Waals surface area (Å²) in [5.41, 5.74) is 1.33. The van der Waals surface area contributed by atoms with Gasteiger partial charge in [-0.2, -0.15) is 13.2 Å². The molecule has 0 saturated carbocycles. The molecule has 1 aromatic rings. The molecule has 2 rings (SSSR count). The van der Waals surface area contributed by atoms with Crippen LogP contribution in [0.1, 0.15) is 24.1 Å². The highest BCUT2D eigenvalue weighted by Gasteiger charge is 2.31. The summed E-state index contributed by atoms with van der Waals surface area (Å²) in [5, 5.41) is 2.21. The lowest BCUT2D eigenvalue weighted by molar-refractivity contribution is -0.149. The molecule has 1 aliphatic rings. The maximum atomic E-state index is 12.4. The van der Waals surface area contributed by atoms with Gasteiger partial charge in [0.05, 0.1) is 19.8 Å². The molecule has 0 bridgehead atoms. The van der Waals surface area contributed by atoms with E-state index >= 15 is 0 Å². The second-order valence-corrected chi connectivity index (χ2v) is 4.65. The average Bonchev–Trinajstić information content (AvgIpc) is 2.85. The first-order valence-corrected chi connectivity index (χ1v) is 6.63. The molecule has 21 heavy (non-hydrogen) atoms. The lowest BCUT2D eigenvalue weighted by Gasteiger charge is -2.19. The first-order valence-electron chi connectivity index (χ1n) is 6.63. The van der Waals surface area contributed by atoms with E-state index in [1.54, 1.807) is 25.1 Å². The Hall–Kier alpha value is -1.76. The van der Waals surface area contributed by atoms with Gasteiger partial charge in [0, 0.05) is 6.42 Å². The van der Waals surface area contributed by atoms with E-state index in [-0.39, 0.29) is 6.61 Å². The molecular weight excluding hydrogens is 287 g/mol. The van der Waals surface area contributed by atoms with Crippen LogP contribution in [-0.4, -0.2) is 31.9 Å². The molecule has 1 aromatic carbocycles. The number of benzene rings is 1. The number of hydrogen-bond donors (Lipinski definition) is 1. The van der Waals surface area contributed by atoms with Gasteiger partial charge in [0.15, 0.2) is 0 Å². The molecule has 0 fully saturated rings. The molecule has 1 aliphatic heterocycles. The molecule has 0 radical (unpaired) electrons. The summed E-state index contributed by atoms with van der Waals surface area (Å²) in [5.74, 6) is -0.0159. The standard InChI is InChI=1S/C14H16F3NO3/c1-2-20-13(19)12(18-8-14(15,16)17)10-3-4-11-9(7-10)5-6-21-11/h3-4,7,12,18H,2,5-6,8H2,1H3. The van der Waals surface area contributed by atoms with Crippen molar-refractivity contribution in [3.05, 3.63) is 29.3 Å². The van der Waals surface area contributed by atoms with Crippen molar-refractivity contribution in [1.29, 1.82) is 0 Å². The minimum absolute atomic E-state index is 0.108. The smallest absolute Gasteiger partial charge is 0.401 e. The van der Waals surface area contributed by atoms with E-state index in [2.05, 4.69) is 5.32 Å². The number of ether oxygens (including phenoxy) is 2. The molecule has 0 saturated heterocycles. The van der Waals surface area contributed by atoms with Gasteiger partial charge in [-0.3, -0.25) is 5.32 Å². The molecule has 0 amide bonds. The van der Waals surface area contributed by atoms with Gasteiger partial charge >= 0.3 is 12.1 Å². The zero-order valence-electron chi connectivity index (χ0n) is 11.5. The van der Waals surface area contributed by atoms with Crippen molar-refractivity contribution in [3.63, 3.8) is 0 Å². The first-order chi connectivity index (χ1) is 9.90. The molecule has 1 unspecified atom stereocenters. The summed E-state index contributed by atoms with van der Waals surface area (Å²) in [6, 6.07) is 3.79. The van der Waals surface area contributed by atoms with Crippen molar-refractivity contribution in [2.75, 3.05) is 19.8 Å². The molecule has 0 aromatic heterocycles. The van der Waals surface area contributed by atoms with E-state index in [1.165, 1.54) is 0 Å². The number of carbonyl (C=O) groups excluding carboxylic acids is 1. The molecule has 1 N–H and O–H groups in total. The number of alkyl halides is 3. The third kappa shape index (κ3) is 4.10. The highest BCUT2D eigenvalue weighted by molar-refractivity contribution is 5.78.